The molecular formula is C35H34FN7O4. The van der Waals surface area contributed by atoms with Crippen LogP contribution >= 0.6 is 0 Å². The molecule has 47 heavy (non-hydrogen) atoms. The lowest BCUT2D eigenvalue weighted by Gasteiger charge is -2.35. The number of nitrogens with one attached hydrogen (secondary N) is 1. The topological polar surface area (TPSA) is 114 Å². The number of nitrogens with zero attached hydrogens (tertiary/aromatic N) is 6. The van der Waals surface area contributed by atoms with E-state index in [-0.39, 0.29) is 29.3 Å². The molecular weight excluding hydrogens is 601 g/mol. The Hall–Kier alpha value is -5.36. The van der Waals surface area contributed by atoms with Gasteiger partial charge in [0.1, 0.15) is 17.3 Å². The van der Waals surface area contributed by atoms with Gasteiger partial charge in [0.25, 0.3) is 5.91 Å². The predicted octanol–water partition coefficient (Wildman–Crippen LogP) is 4.99. The van der Waals surface area contributed by atoms with E-state index in [2.05, 4.69) is 25.1 Å². The van der Waals surface area contributed by atoms with E-state index < -0.39 is 5.82 Å². The van der Waals surface area contributed by atoms with Crippen molar-refractivity contribution < 1.29 is 23.5 Å². The van der Waals surface area contributed by atoms with Crippen LogP contribution in [0.2, 0.25) is 0 Å². The Bertz CT molecular complexity index is 1980. The van der Waals surface area contributed by atoms with Gasteiger partial charge in [-0.25, -0.2) is 13.9 Å². The number of carbonyl (C=O) groups is 2. The number of rotatable bonds is 10. The number of aldehydes is 1. The number of fused-ring (bicyclic) bond motifs is 2. The fourth-order valence-electron chi connectivity index (χ4n) is 6.37. The summed E-state index contributed by atoms with van der Waals surface area (Å²) in [5.74, 6) is 0.555. The van der Waals surface area contributed by atoms with Gasteiger partial charge in [-0.2, -0.15) is 0 Å². The van der Waals surface area contributed by atoms with E-state index in [4.69, 9.17) is 14.6 Å². The van der Waals surface area contributed by atoms with Gasteiger partial charge in [0, 0.05) is 56.3 Å². The summed E-state index contributed by atoms with van der Waals surface area (Å²) in [6.45, 7) is 1.14. The first kappa shape index (κ1) is 30.3. The standard InChI is InChI=1S/C35H34FN7O4/c1-41(19-21-7-9-23(46-2)10-8-21)29-16-32(40-43-30(18-38-34(29)43)35(45)39-27-11-12-31(27)47-3)42-14-13-24-25(5-4-6-28(24)42)33-26(36)15-22(20-44)17-37-33/h4-10,15-18,20,27,31H,11-14,19H2,1-3H3,(H,39,45)/t27-,31-/m1/s1. The summed E-state index contributed by atoms with van der Waals surface area (Å²) in [4.78, 5) is 37.8. The summed E-state index contributed by atoms with van der Waals surface area (Å²) < 4.78 is 27.5. The molecule has 2 aliphatic rings. The Morgan fingerprint density at radius 2 is 1.94 bits per heavy atom. The molecule has 0 saturated heterocycles. The summed E-state index contributed by atoms with van der Waals surface area (Å²) in [5, 5.41) is 8.05. The Labute approximate surface area is 271 Å². The van der Waals surface area contributed by atoms with Crippen LogP contribution in [0, 0.1) is 5.82 Å². The van der Waals surface area contributed by atoms with Gasteiger partial charge in [-0.05, 0) is 54.7 Å². The summed E-state index contributed by atoms with van der Waals surface area (Å²) in [7, 11) is 5.27. The Morgan fingerprint density at radius 1 is 1.11 bits per heavy atom. The zero-order chi connectivity index (χ0) is 32.7. The smallest absolute Gasteiger partial charge is 0.271 e. The monoisotopic (exact) mass is 635 g/mol. The second-order valence-electron chi connectivity index (χ2n) is 11.8. The quantitative estimate of drug-likeness (QED) is 0.212. The average Bonchev–Trinajstić information content (AvgIpc) is 3.71. The molecule has 1 aliphatic carbocycles. The molecule has 1 N–H and O–H groups in total. The first-order valence-electron chi connectivity index (χ1n) is 15.5. The summed E-state index contributed by atoms with van der Waals surface area (Å²) >= 11 is 0. The number of carbonyl (C=O) groups excluding carboxylic acids is 2. The van der Waals surface area contributed by atoms with Crippen molar-refractivity contribution in [3.63, 3.8) is 0 Å². The van der Waals surface area contributed by atoms with Crippen molar-refractivity contribution in [3.8, 4) is 17.0 Å². The minimum Gasteiger partial charge on any atom is -0.497 e. The number of benzene rings is 2. The van der Waals surface area contributed by atoms with Gasteiger partial charge in [0.05, 0.1) is 31.1 Å². The maximum atomic E-state index is 15.1. The predicted molar refractivity (Wildman–Crippen MR) is 175 cm³/mol. The minimum atomic E-state index is -0.556. The molecule has 2 aromatic carbocycles. The van der Waals surface area contributed by atoms with E-state index in [0.717, 1.165) is 41.1 Å². The minimum absolute atomic E-state index is 0.0166. The first-order chi connectivity index (χ1) is 22.9. The third kappa shape index (κ3) is 5.54. The molecule has 1 saturated carbocycles. The van der Waals surface area contributed by atoms with Gasteiger partial charge < -0.3 is 24.6 Å². The average molecular weight is 636 g/mol. The van der Waals surface area contributed by atoms with Crippen molar-refractivity contribution in [2.24, 2.45) is 0 Å². The third-order valence-electron chi connectivity index (χ3n) is 9.05. The van der Waals surface area contributed by atoms with Crippen molar-refractivity contribution >= 4 is 35.0 Å². The highest BCUT2D eigenvalue weighted by Gasteiger charge is 2.33. The van der Waals surface area contributed by atoms with Crippen LogP contribution < -0.4 is 19.9 Å². The summed E-state index contributed by atoms with van der Waals surface area (Å²) in [6, 6.07) is 16.6. The molecule has 0 radical (unpaired) electrons. The van der Waals surface area contributed by atoms with Gasteiger partial charge >= 0.3 is 0 Å². The lowest BCUT2D eigenvalue weighted by molar-refractivity contribution is 0.00718. The third-order valence-corrected chi connectivity index (χ3v) is 9.05. The van der Waals surface area contributed by atoms with E-state index in [1.807, 2.05) is 55.6 Å². The fraction of sp³-hybridized carbons (Fsp3) is 0.286. The molecule has 5 aromatic rings. The van der Waals surface area contributed by atoms with Crippen LogP contribution in [0.3, 0.4) is 0 Å². The van der Waals surface area contributed by atoms with Gasteiger partial charge in [-0.1, -0.05) is 24.3 Å². The molecule has 1 fully saturated rings. The van der Waals surface area contributed by atoms with Gasteiger partial charge in [0.15, 0.2) is 23.4 Å². The number of hydrogen-bond acceptors (Lipinski definition) is 9. The molecule has 0 bridgehead atoms. The molecule has 2 atom stereocenters. The van der Waals surface area contributed by atoms with Crippen molar-refractivity contribution in [1.29, 1.82) is 0 Å². The van der Waals surface area contributed by atoms with Crippen LogP contribution in [0.5, 0.6) is 5.75 Å². The molecule has 1 amide bonds. The van der Waals surface area contributed by atoms with Crippen molar-refractivity contribution in [1.82, 2.24) is 24.9 Å². The van der Waals surface area contributed by atoms with Gasteiger partial charge in [-0.15, -0.1) is 5.10 Å². The number of aromatic nitrogens is 4. The number of amides is 1. The Kier molecular flexibility index (Phi) is 8.02. The van der Waals surface area contributed by atoms with Crippen LogP contribution in [0.1, 0.15) is 44.8 Å². The van der Waals surface area contributed by atoms with Crippen LogP contribution in [-0.4, -0.2) is 71.7 Å². The molecule has 0 unspecified atom stereocenters. The van der Waals surface area contributed by atoms with E-state index >= 15 is 4.39 Å². The molecule has 7 rings (SSSR count). The molecule has 11 nitrogen and oxygen atoms in total. The lowest BCUT2D eigenvalue weighted by atomic mass is 9.89. The second kappa shape index (κ2) is 12.4. The number of methoxy groups -OCH3 is 2. The molecule has 0 spiro atoms. The number of halogens is 1. The van der Waals surface area contributed by atoms with E-state index in [0.29, 0.717) is 48.5 Å². The van der Waals surface area contributed by atoms with Crippen molar-refractivity contribution in [2.75, 3.05) is 37.6 Å². The maximum absolute atomic E-state index is 15.1. The van der Waals surface area contributed by atoms with Crippen LogP contribution in [0.4, 0.5) is 21.6 Å². The first-order valence-corrected chi connectivity index (χ1v) is 15.5. The summed E-state index contributed by atoms with van der Waals surface area (Å²) in [5.41, 5.74) is 5.53. The molecule has 1 aliphatic heterocycles. The highest BCUT2D eigenvalue weighted by atomic mass is 19.1. The fourth-order valence-corrected chi connectivity index (χ4v) is 6.37. The van der Waals surface area contributed by atoms with Crippen molar-refractivity contribution in [2.45, 2.75) is 38.0 Å². The van der Waals surface area contributed by atoms with E-state index in [1.165, 1.54) is 12.3 Å². The highest BCUT2D eigenvalue weighted by Crippen LogP contribution is 2.41. The number of ether oxygens (including phenoxy) is 2. The zero-order valence-electron chi connectivity index (χ0n) is 26.3. The van der Waals surface area contributed by atoms with E-state index in [1.54, 1.807) is 24.9 Å². The SMILES string of the molecule is COc1ccc(CN(C)c2cc(N3CCc4c(-c5ncc(C=O)cc5F)cccc43)nn3c(C(=O)N[C@@H]4CC[C@H]4OC)cnc23)cc1. The van der Waals surface area contributed by atoms with Crippen molar-refractivity contribution in [3.05, 3.63) is 95.2 Å². The maximum Gasteiger partial charge on any atom is 0.271 e. The highest BCUT2D eigenvalue weighted by molar-refractivity contribution is 5.94. The Morgan fingerprint density at radius 3 is 2.64 bits per heavy atom. The molecule has 4 heterocycles. The number of anilines is 3. The van der Waals surface area contributed by atoms with Crippen LogP contribution in [0.15, 0.2) is 67.0 Å². The normalized spacial score (nSPS) is 16.9. The largest absolute Gasteiger partial charge is 0.497 e. The lowest BCUT2D eigenvalue weighted by Crippen LogP contribution is -2.51. The molecule has 3 aromatic heterocycles. The zero-order valence-corrected chi connectivity index (χ0v) is 26.3. The van der Waals surface area contributed by atoms with Crippen LogP contribution in [0.25, 0.3) is 16.9 Å². The molecule has 12 heteroatoms. The molecule has 240 valence electrons. The van der Waals surface area contributed by atoms with E-state index in [9.17, 15) is 9.59 Å². The number of hydrogen-bond donors (Lipinski definition) is 1. The number of pyridine rings is 1. The van der Waals surface area contributed by atoms with Crippen LogP contribution in [-0.2, 0) is 17.7 Å². The van der Waals surface area contributed by atoms with Gasteiger partial charge in [0.2, 0.25) is 0 Å². The Balaban J connectivity index is 1.29. The van der Waals surface area contributed by atoms with Gasteiger partial charge in [-0.3, -0.25) is 14.6 Å². The summed E-state index contributed by atoms with van der Waals surface area (Å²) in [6.07, 6.45) is 5.86. The number of imidazole rings is 1. The second-order valence-corrected chi connectivity index (χ2v) is 11.8.